The molecule has 0 unspecified atom stereocenters. The van der Waals surface area contributed by atoms with Crippen LogP contribution in [0.3, 0.4) is 0 Å². The van der Waals surface area contributed by atoms with Crippen LogP contribution in [0.15, 0.2) is 53.7 Å². The molecule has 0 saturated carbocycles. The van der Waals surface area contributed by atoms with Crippen molar-refractivity contribution in [3.8, 4) is 17.1 Å². The fourth-order valence-corrected chi connectivity index (χ4v) is 3.67. The Labute approximate surface area is 173 Å². The number of hydrogen-bond donors (Lipinski definition) is 0. The topological polar surface area (TPSA) is 39.9 Å². The summed E-state index contributed by atoms with van der Waals surface area (Å²) in [5.41, 5.74) is 1.01. The fraction of sp³-hybridized carbons (Fsp3) is 0.300. The summed E-state index contributed by atoms with van der Waals surface area (Å²) < 4.78 is 7.92. The average molecular weight is 422 g/mol. The van der Waals surface area contributed by atoms with E-state index in [1.165, 1.54) is 0 Å². The lowest BCUT2D eigenvalue weighted by atomic mass is 10.2. The van der Waals surface area contributed by atoms with Crippen molar-refractivity contribution < 1.29 is 4.74 Å². The highest BCUT2D eigenvalue weighted by Crippen LogP contribution is 2.27. The predicted octanol–water partition coefficient (Wildman–Crippen LogP) is 6.08. The number of nitrogens with zero attached hydrogens (tertiary/aromatic N) is 3. The van der Waals surface area contributed by atoms with E-state index in [9.17, 15) is 0 Å². The summed E-state index contributed by atoms with van der Waals surface area (Å²) in [6.07, 6.45) is 0. The highest BCUT2D eigenvalue weighted by molar-refractivity contribution is 7.99. The predicted molar refractivity (Wildman–Crippen MR) is 113 cm³/mol. The second kappa shape index (κ2) is 9.49. The Morgan fingerprint density at radius 3 is 2.48 bits per heavy atom. The van der Waals surface area contributed by atoms with Crippen LogP contribution < -0.4 is 4.74 Å². The van der Waals surface area contributed by atoms with Crippen LogP contribution in [-0.4, -0.2) is 27.1 Å². The lowest BCUT2D eigenvalue weighted by Crippen LogP contribution is -2.09. The summed E-state index contributed by atoms with van der Waals surface area (Å²) in [7, 11) is 0. The fourth-order valence-electron chi connectivity index (χ4n) is 2.58. The summed E-state index contributed by atoms with van der Waals surface area (Å²) in [5.74, 6) is 2.79. The SMILES string of the molecule is CC(C)Cn1c(SCCOc2ccccc2Cl)nnc1-c1ccc(Cl)cc1. The number of ether oxygens (including phenoxy) is 1. The first-order valence-corrected chi connectivity index (χ1v) is 10.5. The molecule has 0 N–H and O–H groups in total. The monoisotopic (exact) mass is 421 g/mol. The number of halogens is 2. The molecule has 0 fully saturated rings. The lowest BCUT2D eigenvalue weighted by molar-refractivity contribution is 0.344. The molecule has 2 aromatic carbocycles. The zero-order valence-electron chi connectivity index (χ0n) is 15.2. The Balaban J connectivity index is 1.69. The van der Waals surface area contributed by atoms with Gasteiger partial charge in [-0.15, -0.1) is 10.2 Å². The molecule has 1 heterocycles. The standard InChI is InChI=1S/C20H21Cl2N3OS/c1-14(2)13-25-19(15-7-9-16(21)10-8-15)23-24-20(25)27-12-11-26-18-6-4-3-5-17(18)22/h3-10,14H,11-13H2,1-2H3. The molecule has 27 heavy (non-hydrogen) atoms. The summed E-state index contributed by atoms with van der Waals surface area (Å²) in [4.78, 5) is 0. The Morgan fingerprint density at radius 1 is 1.04 bits per heavy atom. The molecule has 3 aromatic rings. The van der Waals surface area contributed by atoms with Crippen LogP contribution in [0, 0.1) is 5.92 Å². The first-order valence-electron chi connectivity index (χ1n) is 8.74. The van der Waals surface area contributed by atoms with Gasteiger partial charge in [-0.1, -0.05) is 60.9 Å². The van der Waals surface area contributed by atoms with Crippen LogP contribution >= 0.6 is 35.0 Å². The maximum Gasteiger partial charge on any atom is 0.191 e. The van der Waals surface area contributed by atoms with Gasteiger partial charge in [0.15, 0.2) is 11.0 Å². The summed E-state index contributed by atoms with van der Waals surface area (Å²) >= 11 is 13.7. The summed E-state index contributed by atoms with van der Waals surface area (Å²) in [6.45, 7) is 5.75. The zero-order valence-corrected chi connectivity index (χ0v) is 17.6. The van der Waals surface area contributed by atoms with Gasteiger partial charge in [0.2, 0.25) is 0 Å². The Morgan fingerprint density at radius 2 is 1.78 bits per heavy atom. The molecule has 0 aliphatic carbocycles. The number of hydrogen-bond acceptors (Lipinski definition) is 4. The largest absolute Gasteiger partial charge is 0.491 e. The molecule has 142 valence electrons. The third kappa shape index (κ3) is 5.41. The Hall–Kier alpha value is -1.69. The van der Waals surface area contributed by atoms with E-state index in [0.29, 0.717) is 28.3 Å². The smallest absolute Gasteiger partial charge is 0.191 e. The van der Waals surface area contributed by atoms with E-state index in [0.717, 1.165) is 28.8 Å². The quantitative estimate of drug-likeness (QED) is 0.326. The zero-order chi connectivity index (χ0) is 19.2. The minimum absolute atomic E-state index is 0.478. The van der Waals surface area contributed by atoms with Crippen LogP contribution in [0.2, 0.25) is 10.0 Å². The minimum Gasteiger partial charge on any atom is -0.491 e. The van der Waals surface area contributed by atoms with Gasteiger partial charge in [-0.05, 0) is 42.3 Å². The van der Waals surface area contributed by atoms with E-state index < -0.39 is 0 Å². The number of rotatable bonds is 8. The molecular formula is C20H21Cl2N3OS. The number of thioether (sulfide) groups is 1. The van der Waals surface area contributed by atoms with Crippen molar-refractivity contribution in [2.45, 2.75) is 25.5 Å². The maximum absolute atomic E-state index is 6.12. The summed E-state index contributed by atoms with van der Waals surface area (Å²) in [6, 6.07) is 15.2. The molecule has 0 saturated heterocycles. The van der Waals surface area contributed by atoms with Crippen LogP contribution in [-0.2, 0) is 6.54 Å². The average Bonchev–Trinajstić information content (AvgIpc) is 3.03. The van der Waals surface area contributed by atoms with Gasteiger partial charge in [-0.3, -0.25) is 0 Å². The molecule has 3 rings (SSSR count). The van der Waals surface area contributed by atoms with Crippen molar-refractivity contribution in [2.24, 2.45) is 5.92 Å². The van der Waals surface area contributed by atoms with Crippen LogP contribution in [0.4, 0.5) is 0 Å². The first kappa shape index (κ1) is 20.1. The van der Waals surface area contributed by atoms with Gasteiger partial charge >= 0.3 is 0 Å². The molecule has 0 atom stereocenters. The molecule has 1 aromatic heterocycles. The van der Waals surface area contributed by atoms with Gasteiger partial charge in [0.05, 0.1) is 11.6 Å². The molecule has 7 heteroatoms. The van der Waals surface area contributed by atoms with Gasteiger partial charge in [-0.2, -0.15) is 0 Å². The number of aromatic nitrogens is 3. The molecule has 0 spiro atoms. The van der Waals surface area contributed by atoms with Gasteiger partial charge in [0.25, 0.3) is 0 Å². The first-order chi connectivity index (χ1) is 13.0. The van der Waals surface area contributed by atoms with Gasteiger partial charge in [0, 0.05) is 22.9 Å². The third-order valence-electron chi connectivity index (χ3n) is 3.78. The van der Waals surface area contributed by atoms with E-state index in [1.807, 2.05) is 48.5 Å². The van der Waals surface area contributed by atoms with Crippen molar-refractivity contribution in [1.29, 1.82) is 0 Å². The highest BCUT2D eigenvalue weighted by Gasteiger charge is 2.15. The van der Waals surface area contributed by atoms with Crippen molar-refractivity contribution in [2.75, 3.05) is 12.4 Å². The molecule has 0 amide bonds. The van der Waals surface area contributed by atoms with E-state index in [4.69, 9.17) is 27.9 Å². The van der Waals surface area contributed by atoms with Gasteiger partial charge in [0.1, 0.15) is 5.75 Å². The minimum atomic E-state index is 0.478. The molecule has 0 bridgehead atoms. The normalized spacial score (nSPS) is 11.1. The van der Waals surface area contributed by atoms with E-state index in [-0.39, 0.29) is 0 Å². The molecule has 0 aliphatic rings. The van der Waals surface area contributed by atoms with Crippen LogP contribution in [0.25, 0.3) is 11.4 Å². The lowest BCUT2D eigenvalue weighted by Gasteiger charge is -2.13. The second-order valence-corrected chi connectivity index (χ2v) is 8.35. The van der Waals surface area contributed by atoms with Crippen molar-refractivity contribution in [3.63, 3.8) is 0 Å². The maximum atomic E-state index is 6.12. The molecule has 0 radical (unpaired) electrons. The molecule has 0 aliphatic heterocycles. The van der Waals surface area contributed by atoms with E-state index in [1.54, 1.807) is 11.8 Å². The molecular weight excluding hydrogens is 401 g/mol. The van der Waals surface area contributed by atoms with Gasteiger partial charge < -0.3 is 9.30 Å². The van der Waals surface area contributed by atoms with Crippen molar-refractivity contribution in [3.05, 3.63) is 58.6 Å². The van der Waals surface area contributed by atoms with E-state index >= 15 is 0 Å². The summed E-state index contributed by atoms with van der Waals surface area (Å²) in [5, 5.41) is 11.0. The third-order valence-corrected chi connectivity index (χ3v) is 5.27. The van der Waals surface area contributed by atoms with E-state index in [2.05, 4.69) is 28.6 Å². The second-order valence-electron chi connectivity index (χ2n) is 6.44. The van der Waals surface area contributed by atoms with Gasteiger partial charge in [-0.25, -0.2) is 0 Å². The van der Waals surface area contributed by atoms with Crippen LogP contribution in [0.5, 0.6) is 5.75 Å². The van der Waals surface area contributed by atoms with Crippen LogP contribution in [0.1, 0.15) is 13.8 Å². The number of benzene rings is 2. The van der Waals surface area contributed by atoms with Crippen molar-refractivity contribution in [1.82, 2.24) is 14.8 Å². The Kier molecular flexibility index (Phi) is 7.05. The Bertz CT molecular complexity index is 881. The highest BCUT2D eigenvalue weighted by atomic mass is 35.5. The van der Waals surface area contributed by atoms with Crippen molar-refractivity contribution >= 4 is 35.0 Å². The number of para-hydroxylation sites is 1. The molecule has 4 nitrogen and oxygen atoms in total.